The van der Waals surface area contributed by atoms with Crippen molar-refractivity contribution in [1.29, 1.82) is 0 Å². The summed E-state index contributed by atoms with van der Waals surface area (Å²) >= 11 is 1.86. The molecule has 3 rings (SSSR count). The Kier molecular flexibility index (Phi) is 6.01. The summed E-state index contributed by atoms with van der Waals surface area (Å²) in [4.78, 5) is 14.1. The van der Waals surface area contributed by atoms with Crippen LogP contribution in [0.5, 0.6) is 0 Å². The minimum atomic E-state index is -4.51. The summed E-state index contributed by atoms with van der Waals surface area (Å²) in [5.74, 6) is 1.43. The van der Waals surface area contributed by atoms with Crippen molar-refractivity contribution in [3.8, 4) is 11.4 Å². The molecule has 2 aromatic heterocycles. The molecule has 1 saturated heterocycles. The maximum atomic E-state index is 13.4. The monoisotopic (exact) mass is 382 g/mol. The Labute approximate surface area is 155 Å². The standard InChI is InChI=1S/C18H21F3N4S/c1-2-26-14-5-3-4-10-25(12-14)16-11-15(18(19,20)21)23-17(24-16)13-6-8-22-9-7-13/h6-9,11,14H,2-5,10,12H2,1H3. The van der Waals surface area contributed by atoms with Gasteiger partial charge in [-0.2, -0.15) is 24.9 Å². The predicted molar refractivity (Wildman–Crippen MR) is 98.2 cm³/mol. The Morgan fingerprint density at radius 2 is 1.96 bits per heavy atom. The van der Waals surface area contributed by atoms with E-state index in [-0.39, 0.29) is 5.82 Å². The molecule has 1 aliphatic heterocycles. The van der Waals surface area contributed by atoms with Gasteiger partial charge in [0.2, 0.25) is 0 Å². The molecule has 1 aliphatic rings. The van der Waals surface area contributed by atoms with Gasteiger partial charge in [-0.1, -0.05) is 13.3 Å². The van der Waals surface area contributed by atoms with Crippen molar-refractivity contribution in [2.24, 2.45) is 0 Å². The number of hydrogen-bond acceptors (Lipinski definition) is 5. The normalized spacial score (nSPS) is 18.6. The Morgan fingerprint density at radius 3 is 2.65 bits per heavy atom. The molecule has 1 atom stereocenters. The van der Waals surface area contributed by atoms with Gasteiger partial charge in [-0.15, -0.1) is 0 Å². The number of nitrogens with zero attached hydrogens (tertiary/aromatic N) is 4. The van der Waals surface area contributed by atoms with Crippen LogP contribution in [0.25, 0.3) is 11.4 Å². The van der Waals surface area contributed by atoms with Crippen molar-refractivity contribution >= 4 is 17.6 Å². The Bertz CT molecular complexity index is 724. The topological polar surface area (TPSA) is 41.9 Å². The van der Waals surface area contributed by atoms with Crippen molar-refractivity contribution in [1.82, 2.24) is 15.0 Å². The van der Waals surface area contributed by atoms with E-state index < -0.39 is 11.9 Å². The van der Waals surface area contributed by atoms with Crippen molar-refractivity contribution in [3.05, 3.63) is 36.3 Å². The summed E-state index contributed by atoms with van der Waals surface area (Å²) in [5.41, 5.74) is -0.375. The van der Waals surface area contributed by atoms with Crippen LogP contribution < -0.4 is 4.90 Å². The average molecular weight is 382 g/mol. The van der Waals surface area contributed by atoms with Crippen molar-refractivity contribution in [3.63, 3.8) is 0 Å². The number of aromatic nitrogens is 3. The van der Waals surface area contributed by atoms with E-state index in [0.29, 0.717) is 29.7 Å². The highest BCUT2D eigenvalue weighted by Gasteiger charge is 2.34. The summed E-state index contributed by atoms with van der Waals surface area (Å²) in [5, 5.41) is 0.413. The van der Waals surface area contributed by atoms with Gasteiger partial charge in [0.15, 0.2) is 11.5 Å². The Morgan fingerprint density at radius 1 is 1.19 bits per heavy atom. The van der Waals surface area contributed by atoms with Crippen LogP contribution in [-0.4, -0.2) is 39.0 Å². The summed E-state index contributed by atoms with van der Waals surface area (Å²) < 4.78 is 40.1. The van der Waals surface area contributed by atoms with Gasteiger partial charge in [-0.25, -0.2) is 9.97 Å². The van der Waals surface area contributed by atoms with Gasteiger partial charge in [-0.05, 0) is 30.7 Å². The van der Waals surface area contributed by atoms with E-state index in [4.69, 9.17) is 0 Å². The first-order valence-electron chi connectivity index (χ1n) is 8.70. The number of halogens is 3. The lowest BCUT2D eigenvalue weighted by Crippen LogP contribution is -2.31. The third-order valence-corrected chi connectivity index (χ3v) is 5.49. The fourth-order valence-corrected chi connectivity index (χ4v) is 4.14. The first kappa shape index (κ1) is 18.9. The lowest BCUT2D eigenvalue weighted by Gasteiger charge is -2.26. The average Bonchev–Trinajstić information content (AvgIpc) is 2.87. The zero-order valence-electron chi connectivity index (χ0n) is 14.5. The third kappa shape index (κ3) is 4.66. The quantitative estimate of drug-likeness (QED) is 0.769. The van der Waals surface area contributed by atoms with E-state index >= 15 is 0 Å². The lowest BCUT2D eigenvalue weighted by atomic mass is 10.2. The molecule has 0 spiro atoms. The minimum Gasteiger partial charge on any atom is -0.355 e. The SMILES string of the molecule is CCSC1CCCCN(c2cc(C(F)(F)F)nc(-c3ccncc3)n2)C1. The largest absolute Gasteiger partial charge is 0.433 e. The first-order valence-corrected chi connectivity index (χ1v) is 9.75. The smallest absolute Gasteiger partial charge is 0.355 e. The van der Waals surface area contributed by atoms with E-state index in [1.807, 2.05) is 16.7 Å². The molecule has 0 radical (unpaired) electrons. The van der Waals surface area contributed by atoms with Gasteiger partial charge in [0.1, 0.15) is 5.82 Å². The van der Waals surface area contributed by atoms with Crippen LogP contribution in [-0.2, 0) is 6.18 Å². The number of hydrogen-bond donors (Lipinski definition) is 0. The number of alkyl halides is 3. The van der Waals surface area contributed by atoms with Crippen LogP contribution in [0.15, 0.2) is 30.6 Å². The van der Waals surface area contributed by atoms with Gasteiger partial charge in [0, 0.05) is 42.4 Å². The molecule has 26 heavy (non-hydrogen) atoms. The molecule has 3 heterocycles. The summed E-state index contributed by atoms with van der Waals surface area (Å²) in [7, 11) is 0. The Hall–Kier alpha value is -1.83. The van der Waals surface area contributed by atoms with Gasteiger partial charge in [0.25, 0.3) is 0 Å². The molecule has 140 valence electrons. The maximum absolute atomic E-state index is 13.4. The van der Waals surface area contributed by atoms with E-state index in [9.17, 15) is 13.2 Å². The molecule has 0 amide bonds. The maximum Gasteiger partial charge on any atom is 0.433 e. The predicted octanol–water partition coefficient (Wildman–Crippen LogP) is 4.67. The zero-order valence-corrected chi connectivity index (χ0v) is 15.4. The highest BCUT2D eigenvalue weighted by Crippen LogP contribution is 2.33. The second-order valence-corrected chi connectivity index (χ2v) is 7.77. The lowest BCUT2D eigenvalue weighted by molar-refractivity contribution is -0.141. The molecule has 0 N–H and O–H groups in total. The van der Waals surface area contributed by atoms with E-state index in [1.165, 1.54) is 12.4 Å². The van der Waals surface area contributed by atoms with Crippen LogP contribution in [0.3, 0.4) is 0 Å². The molecule has 4 nitrogen and oxygen atoms in total. The zero-order chi connectivity index (χ0) is 18.6. The van der Waals surface area contributed by atoms with Gasteiger partial charge in [-0.3, -0.25) is 4.98 Å². The number of thioether (sulfide) groups is 1. The fourth-order valence-electron chi connectivity index (χ4n) is 3.05. The second kappa shape index (κ2) is 8.24. The molecule has 0 saturated carbocycles. The number of pyridine rings is 1. The molecule has 2 aromatic rings. The minimum absolute atomic E-state index is 0.0844. The van der Waals surface area contributed by atoms with Crippen molar-refractivity contribution in [2.45, 2.75) is 37.6 Å². The van der Waals surface area contributed by atoms with Crippen LogP contribution >= 0.6 is 11.8 Å². The molecule has 8 heteroatoms. The molecule has 1 unspecified atom stereocenters. The highest BCUT2D eigenvalue weighted by molar-refractivity contribution is 7.99. The number of anilines is 1. The van der Waals surface area contributed by atoms with E-state index in [1.54, 1.807) is 12.1 Å². The van der Waals surface area contributed by atoms with Crippen LogP contribution in [0.2, 0.25) is 0 Å². The van der Waals surface area contributed by atoms with E-state index in [2.05, 4.69) is 21.9 Å². The molecule has 1 fully saturated rings. The van der Waals surface area contributed by atoms with Gasteiger partial charge in [0.05, 0.1) is 0 Å². The van der Waals surface area contributed by atoms with Crippen LogP contribution in [0.4, 0.5) is 19.0 Å². The molecular weight excluding hydrogens is 361 g/mol. The van der Waals surface area contributed by atoms with Gasteiger partial charge >= 0.3 is 6.18 Å². The molecule has 0 aliphatic carbocycles. The molecule has 0 aromatic carbocycles. The summed E-state index contributed by atoms with van der Waals surface area (Å²) in [6.45, 7) is 3.53. The third-order valence-electron chi connectivity index (χ3n) is 4.30. The van der Waals surface area contributed by atoms with Crippen molar-refractivity contribution in [2.75, 3.05) is 23.7 Å². The van der Waals surface area contributed by atoms with Crippen LogP contribution in [0.1, 0.15) is 31.9 Å². The van der Waals surface area contributed by atoms with Gasteiger partial charge < -0.3 is 4.90 Å². The first-order chi connectivity index (χ1) is 12.5. The van der Waals surface area contributed by atoms with Crippen molar-refractivity contribution < 1.29 is 13.2 Å². The fraction of sp³-hybridized carbons (Fsp3) is 0.500. The van der Waals surface area contributed by atoms with Crippen LogP contribution in [0, 0.1) is 0 Å². The summed E-state index contributed by atoms with van der Waals surface area (Å²) in [6.07, 6.45) is 1.67. The molecule has 0 bridgehead atoms. The Balaban J connectivity index is 1.99. The van der Waals surface area contributed by atoms with E-state index in [0.717, 1.165) is 31.1 Å². The summed E-state index contributed by atoms with van der Waals surface area (Å²) in [6, 6.07) is 4.32. The highest BCUT2D eigenvalue weighted by atomic mass is 32.2. The number of rotatable bonds is 4. The molecular formula is C18H21F3N4S. The second-order valence-electron chi connectivity index (χ2n) is 6.19.